The summed E-state index contributed by atoms with van der Waals surface area (Å²) in [5.41, 5.74) is 7.92. The maximum atomic E-state index is 11.8. The first-order valence-corrected chi connectivity index (χ1v) is 10.7. The molecular formula is C23H26N4O3S. The van der Waals surface area contributed by atoms with Crippen LogP contribution in [0, 0.1) is 6.92 Å². The largest absolute Gasteiger partial charge is 0.396 e. The standard InChI is InChI=1S/C23H26N4O3S/c1-15(27(14-29)13-20-12-25-16(2)26-22(20)24)21(9-10-28)31-23(30)19-8-7-17-5-3-4-6-18(17)11-19/h3-8,11-12,14,28,30-31H,9-10,13H2,1-2H3,(H2,24,25,26)/b21-15-. The molecule has 8 heteroatoms. The molecule has 4 N–H and O–H groups in total. The summed E-state index contributed by atoms with van der Waals surface area (Å²) in [5, 5.41) is 22.6. The highest BCUT2D eigenvalue weighted by molar-refractivity contribution is 8.02. The van der Waals surface area contributed by atoms with E-state index < -0.39 is 0 Å². The molecule has 0 aliphatic carbocycles. The van der Waals surface area contributed by atoms with E-state index in [2.05, 4.69) is 9.97 Å². The number of anilines is 1. The second kappa shape index (κ2) is 10.3. The number of hydrogen-bond donors (Lipinski definition) is 4. The molecule has 7 nitrogen and oxygen atoms in total. The molecule has 0 spiro atoms. The van der Waals surface area contributed by atoms with Crippen molar-refractivity contribution in [2.24, 2.45) is 0 Å². The number of carbonyl (C=O) groups is 1. The first-order chi connectivity index (χ1) is 14.9. The third-order valence-corrected chi connectivity index (χ3v) is 6.22. The van der Waals surface area contributed by atoms with Crippen molar-refractivity contribution in [3.63, 3.8) is 0 Å². The Morgan fingerprint density at radius 2 is 1.97 bits per heavy atom. The summed E-state index contributed by atoms with van der Waals surface area (Å²) in [6.45, 7) is 3.62. The molecule has 2 aromatic carbocycles. The van der Waals surface area contributed by atoms with Crippen molar-refractivity contribution in [3.05, 3.63) is 76.2 Å². The third-order valence-electron chi connectivity index (χ3n) is 4.93. The molecule has 1 aromatic heterocycles. The second-order valence-electron chi connectivity index (χ2n) is 7.06. The van der Waals surface area contributed by atoms with Crippen molar-refractivity contribution in [3.8, 4) is 0 Å². The highest BCUT2D eigenvalue weighted by atomic mass is 32.1. The van der Waals surface area contributed by atoms with Gasteiger partial charge >= 0.3 is 0 Å². The first kappa shape index (κ1) is 22.6. The van der Waals surface area contributed by atoms with E-state index in [1.807, 2.05) is 42.5 Å². The Labute approximate surface area is 184 Å². The van der Waals surface area contributed by atoms with Crippen LogP contribution in [0.25, 0.3) is 10.8 Å². The number of aromatic nitrogens is 2. The van der Waals surface area contributed by atoms with Crippen LogP contribution in [0.3, 0.4) is 0 Å². The topological polar surface area (TPSA) is 113 Å². The second-order valence-corrected chi connectivity index (χ2v) is 8.25. The van der Waals surface area contributed by atoms with Crippen LogP contribution in [0.15, 0.2) is 59.3 Å². The minimum Gasteiger partial charge on any atom is -0.396 e. The lowest BCUT2D eigenvalue weighted by atomic mass is 10.1. The zero-order valence-corrected chi connectivity index (χ0v) is 18.4. The number of fused-ring (bicyclic) bond motifs is 1. The number of aryl methyl sites for hydroxylation is 1. The molecule has 1 amide bonds. The summed E-state index contributed by atoms with van der Waals surface area (Å²) >= 11 is 0.521. The fourth-order valence-electron chi connectivity index (χ4n) is 3.16. The number of carbonyl (C=O) groups excluding carboxylic acids is 1. The zero-order chi connectivity index (χ0) is 22.4. The average molecular weight is 439 g/mol. The highest BCUT2D eigenvalue weighted by Gasteiger charge is 2.13. The van der Waals surface area contributed by atoms with E-state index in [0.29, 0.717) is 52.6 Å². The number of nitrogens with zero attached hydrogens (tertiary/aromatic N) is 3. The lowest BCUT2D eigenvalue weighted by Gasteiger charge is -2.21. The number of rotatable bonds is 8. The molecular weight excluding hydrogens is 412 g/mol. The van der Waals surface area contributed by atoms with Gasteiger partial charge < -0.3 is 20.8 Å². The van der Waals surface area contributed by atoms with E-state index >= 15 is 0 Å². The van der Waals surface area contributed by atoms with Gasteiger partial charge in [-0.3, -0.25) is 4.79 Å². The van der Waals surface area contributed by atoms with Crippen LogP contribution >= 0.6 is 11.4 Å². The number of allylic oxidation sites excluding steroid dienone is 1. The van der Waals surface area contributed by atoms with Gasteiger partial charge in [0.1, 0.15) is 16.7 Å². The number of nitrogens with two attached hydrogens (primary N) is 1. The van der Waals surface area contributed by atoms with Crippen LogP contribution in [0.5, 0.6) is 0 Å². The minimum absolute atomic E-state index is 0.104. The van der Waals surface area contributed by atoms with Gasteiger partial charge in [-0.15, -0.1) is 11.4 Å². The Hall–Kier alpha value is -3.07. The molecule has 31 heavy (non-hydrogen) atoms. The summed E-state index contributed by atoms with van der Waals surface area (Å²) in [6, 6.07) is 13.7. The number of thiol groups is 1. The summed E-state index contributed by atoms with van der Waals surface area (Å²) < 4.78 is 0. The first-order valence-electron chi connectivity index (χ1n) is 9.80. The minimum atomic E-state index is -0.104. The molecule has 0 unspecified atom stereocenters. The van der Waals surface area contributed by atoms with Crippen LogP contribution in [-0.2, 0) is 11.3 Å². The maximum Gasteiger partial charge on any atom is 0.214 e. The van der Waals surface area contributed by atoms with E-state index in [1.54, 1.807) is 20.0 Å². The Bertz CT molecular complexity index is 1160. The van der Waals surface area contributed by atoms with Gasteiger partial charge in [-0.05, 0) is 30.7 Å². The van der Waals surface area contributed by atoms with E-state index in [-0.39, 0.29) is 18.2 Å². The number of amides is 1. The molecule has 0 bridgehead atoms. The Kier molecular flexibility index (Phi) is 7.51. The average Bonchev–Trinajstić information content (AvgIpc) is 2.77. The van der Waals surface area contributed by atoms with Crippen molar-refractivity contribution in [1.82, 2.24) is 14.9 Å². The SMILES string of the molecule is C/C(=C(CCO)/[SH]=C(\O)c1ccc2ccccc2c1)N(C=O)Cc1cnc(C)nc1N. The smallest absolute Gasteiger partial charge is 0.214 e. The van der Waals surface area contributed by atoms with Gasteiger partial charge in [0.25, 0.3) is 0 Å². The molecule has 0 aliphatic heterocycles. The molecule has 0 radical (unpaired) electrons. The molecule has 3 aromatic rings. The summed E-state index contributed by atoms with van der Waals surface area (Å²) in [4.78, 5) is 22.3. The number of benzene rings is 2. The number of nitrogen functional groups attached to an aromatic ring is 1. The summed E-state index contributed by atoms with van der Waals surface area (Å²) in [6.07, 6.45) is 2.62. The third kappa shape index (κ3) is 5.55. The van der Waals surface area contributed by atoms with Crippen LogP contribution in [-0.4, -0.2) is 43.1 Å². The van der Waals surface area contributed by atoms with Gasteiger partial charge in [0.2, 0.25) is 6.41 Å². The fraction of sp³-hybridized carbons (Fsp3) is 0.217. The highest BCUT2D eigenvalue weighted by Crippen LogP contribution is 2.25. The van der Waals surface area contributed by atoms with Crippen LogP contribution in [0.4, 0.5) is 5.82 Å². The van der Waals surface area contributed by atoms with Crippen LogP contribution in [0.1, 0.15) is 30.3 Å². The molecule has 0 saturated heterocycles. The predicted octanol–water partition coefficient (Wildman–Crippen LogP) is 3.29. The predicted molar refractivity (Wildman–Crippen MR) is 127 cm³/mol. The van der Waals surface area contributed by atoms with Crippen LogP contribution < -0.4 is 5.73 Å². The van der Waals surface area contributed by atoms with E-state index in [4.69, 9.17) is 5.73 Å². The van der Waals surface area contributed by atoms with Crippen molar-refractivity contribution in [2.45, 2.75) is 26.8 Å². The van der Waals surface area contributed by atoms with Gasteiger partial charge in [-0.25, -0.2) is 9.97 Å². The lowest BCUT2D eigenvalue weighted by molar-refractivity contribution is -0.116. The fourth-order valence-corrected chi connectivity index (χ4v) is 4.19. The van der Waals surface area contributed by atoms with Crippen molar-refractivity contribution in [2.75, 3.05) is 12.3 Å². The molecule has 0 aliphatic rings. The maximum absolute atomic E-state index is 11.8. The Morgan fingerprint density at radius 3 is 2.65 bits per heavy atom. The van der Waals surface area contributed by atoms with Crippen molar-refractivity contribution >= 4 is 39.4 Å². The molecule has 0 saturated carbocycles. The van der Waals surface area contributed by atoms with Crippen molar-refractivity contribution < 1.29 is 15.0 Å². The number of hydrogen-bond acceptors (Lipinski definition) is 5. The molecule has 0 fully saturated rings. The van der Waals surface area contributed by atoms with Gasteiger partial charge in [0, 0.05) is 41.0 Å². The number of aliphatic hydroxyl groups excluding tert-OH is 2. The number of aliphatic hydroxyl groups is 2. The van der Waals surface area contributed by atoms with Gasteiger partial charge in [0.15, 0.2) is 0 Å². The molecule has 1 heterocycles. The van der Waals surface area contributed by atoms with E-state index in [9.17, 15) is 15.0 Å². The monoisotopic (exact) mass is 438 g/mol. The van der Waals surface area contributed by atoms with Gasteiger partial charge in [-0.2, -0.15) is 0 Å². The summed E-state index contributed by atoms with van der Waals surface area (Å²) in [7, 11) is 0. The quantitative estimate of drug-likeness (QED) is 0.244. The molecule has 0 atom stereocenters. The van der Waals surface area contributed by atoms with Gasteiger partial charge in [-0.1, -0.05) is 36.4 Å². The van der Waals surface area contributed by atoms with E-state index in [0.717, 1.165) is 15.7 Å². The van der Waals surface area contributed by atoms with Crippen LogP contribution in [0.2, 0.25) is 0 Å². The van der Waals surface area contributed by atoms with E-state index in [1.165, 1.54) is 4.90 Å². The lowest BCUT2D eigenvalue weighted by Crippen LogP contribution is -2.22. The van der Waals surface area contributed by atoms with Gasteiger partial charge in [0.05, 0.1) is 6.54 Å². The van der Waals surface area contributed by atoms with Crippen molar-refractivity contribution in [1.29, 1.82) is 0 Å². The normalized spacial score (nSPS) is 12.8. The molecule has 162 valence electrons. The summed E-state index contributed by atoms with van der Waals surface area (Å²) in [5.74, 6) is 0.875. The Morgan fingerprint density at radius 1 is 1.23 bits per heavy atom. The molecule has 3 rings (SSSR count). The zero-order valence-electron chi connectivity index (χ0n) is 17.5. The Balaban J connectivity index is 1.95.